The summed E-state index contributed by atoms with van der Waals surface area (Å²) in [6.45, 7) is 5.41. The van der Waals surface area contributed by atoms with Crippen LogP contribution in [0.3, 0.4) is 0 Å². The van der Waals surface area contributed by atoms with Gasteiger partial charge in [0, 0.05) is 40.6 Å². The highest BCUT2D eigenvalue weighted by molar-refractivity contribution is 6.11. The average Bonchev–Trinajstić information content (AvgIpc) is 3.38. The molecule has 2 aliphatic rings. The third kappa shape index (κ3) is 3.25. The zero-order valence-electron chi connectivity index (χ0n) is 22.0. The van der Waals surface area contributed by atoms with Crippen molar-refractivity contribution in [1.82, 2.24) is 0 Å². The van der Waals surface area contributed by atoms with Gasteiger partial charge in [0.25, 0.3) is 0 Å². The molecule has 0 amide bonds. The van der Waals surface area contributed by atoms with Gasteiger partial charge in [-0.15, -0.1) is 0 Å². The average molecular weight is 518 g/mol. The van der Waals surface area contributed by atoms with Gasteiger partial charge in [0.05, 0.1) is 28.7 Å². The normalized spacial score (nSPS) is 17.7. The van der Waals surface area contributed by atoms with Gasteiger partial charge in [-0.05, 0) is 54.3 Å². The predicted molar refractivity (Wildman–Crippen MR) is 155 cm³/mol. The van der Waals surface area contributed by atoms with Crippen molar-refractivity contribution < 1.29 is 13.6 Å². The Morgan fingerprint density at radius 2 is 1.68 bits per heavy atom. The van der Waals surface area contributed by atoms with Crippen molar-refractivity contribution in [2.75, 3.05) is 0 Å². The van der Waals surface area contributed by atoms with E-state index in [1.807, 2.05) is 18.2 Å². The fraction of sp³-hybridized carbons (Fsp3) is 0.139. The Morgan fingerprint density at radius 1 is 0.850 bits per heavy atom. The van der Waals surface area contributed by atoms with Crippen LogP contribution in [0.1, 0.15) is 35.1 Å². The first kappa shape index (κ1) is 22.9. The monoisotopic (exact) mass is 517 g/mol. The third-order valence-corrected chi connectivity index (χ3v) is 8.79. The van der Waals surface area contributed by atoms with Crippen LogP contribution in [0.25, 0.3) is 44.5 Å². The summed E-state index contributed by atoms with van der Waals surface area (Å²) in [5.41, 5.74) is 10.8. The lowest BCUT2D eigenvalue weighted by Crippen LogP contribution is -2.51. The van der Waals surface area contributed by atoms with E-state index >= 15 is 0 Å². The zero-order valence-corrected chi connectivity index (χ0v) is 22.0. The maximum absolute atomic E-state index is 9.84. The lowest BCUT2D eigenvalue weighted by atomic mass is 9.76. The largest absolute Gasteiger partial charge is 0.455 e. The number of nitriles is 1. The molecule has 0 saturated heterocycles. The number of pyridine rings is 2. The molecule has 0 aliphatic carbocycles. The van der Waals surface area contributed by atoms with Crippen LogP contribution in [0.5, 0.6) is 0 Å². The molecule has 3 aromatic heterocycles. The van der Waals surface area contributed by atoms with Gasteiger partial charge in [-0.3, -0.25) is 0 Å². The second-order valence-electron chi connectivity index (χ2n) is 10.9. The van der Waals surface area contributed by atoms with Crippen LogP contribution in [-0.2, 0) is 13.0 Å². The number of fused-ring (bicyclic) bond motifs is 13. The van der Waals surface area contributed by atoms with E-state index in [9.17, 15) is 5.26 Å². The summed E-state index contributed by atoms with van der Waals surface area (Å²) in [4.78, 5) is 0. The molecule has 0 bridgehead atoms. The number of hydrogen-bond acceptors (Lipinski definition) is 2. The summed E-state index contributed by atoms with van der Waals surface area (Å²) < 4.78 is 11.3. The van der Waals surface area contributed by atoms with Gasteiger partial charge >= 0.3 is 0 Å². The molecule has 0 saturated carbocycles. The van der Waals surface area contributed by atoms with Crippen molar-refractivity contribution in [3.8, 4) is 28.6 Å². The number of nitrogens with zero attached hydrogens (tertiary/aromatic N) is 3. The van der Waals surface area contributed by atoms with Crippen molar-refractivity contribution in [3.05, 3.63) is 132 Å². The molecule has 0 radical (unpaired) electrons. The second-order valence-corrected chi connectivity index (χ2v) is 10.9. The Kier molecular flexibility index (Phi) is 5.02. The van der Waals surface area contributed by atoms with Crippen molar-refractivity contribution in [2.45, 2.75) is 31.3 Å². The topological polar surface area (TPSA) is 44.7 Å². The van der Waals surface area contributed by atoms with E-state index in [1.54, 1.807) is 0 Å². The smallest absolute Gasteiger partial charge is 0.216 e. The Hall–Kier alpha value is -5.01. The molecule has 3 aromatic carbocycles. The molecule has 6 aromatic rings. The summed E-state index contributed by atoms with van der Waals surface area (Å²) in [5.74, 6) is 0.291. The molecule has 0 spiro atoms. The second kappa shape index (κ2) is 8.76. The number of benzene rings is 3. The molecule has 2 atom stereocenters. The third-order valence-electron chi connectivity index (χ3n) is 8.79. The zero-order chi connectivity index (χ0) is 26.8. The van der Waals surface area contributed by atoms with Crippen molar-refractivity contribution in [3.63, 3.8) is 0 Å². The summed E-state index contributed by atoms with van der Waals surface area (Å²) in [7, 11) is 0. The van der Waals surface area contributed by atoms with Gasteiger partial charge in [0.2, 0.25) is 11.4 Å². The minimum atomic E-state index is 0.154. The number of hydrogen-bond donors (Lipinski definition) is 0. The number of aromatic nitrogens is 2. The van der Waals surface area contributed by atoms with E-state index in [1.165, 1.54) is 28.0 Å². The van der Waals surface area contributed by atoms with Gasteiger partial charge in [-0.2, -0.15) is 14.4 Å². The highest BCUT2D eigenvalue weighted by Gasteiger charge is 2.43. The number of aryl methyl sites for hydroxylation is 1. The highest BCUT2D eigenvalue weighted by Crippen LogP contribution is 2.45. The lowest BCUT2D eigenvalue weighted by Gasteiger charge is -2.31. The van der Waals surface area contributed by atoms with Crippen LogP contribution >= 0.6 is 0 Å². The van der Waals surface area contributed by atoms with Crippen molar-refractivity contribution in [2.24, 2.45) is 0 Å². The summed E-state index contributed by atoms with van der Waals surface area (Å²) in [5, 5.41) is 11.7. The number of furan rings is 1. The first-order chi connectivity index (χ1) is 19.7. The van der Waals surface area contributed by atoms with Crippen LogP contribution < -0.4 is 9.13 Å². The Morgan fingerprint density at radius 3 is 2.58 bits per heavy atom. The summed E-state index contributed by atoms with van der Waals surface area (Å²) in [6.07, 6.45) is 6.25. The maximum Gasteiger partial charge on any atom is 0.216 e. The standard InChI is InChI=1S/C36H27N3O/c1-23-22-38-19-6-4-13-31(38)34-24(16-18-29-33-25(21-37)9-8-14-32(33)40-36(29)34)15-17-28-26-10-2-3-11-27(26)30-12-5-7-20-39(30)35(23)28/h2-14,16,18-20,28,35H,1,15,17,22H2/q+2. The van der Waals surface area contributed by atoms with Crippen LogP contribution in [0.4, 0.5) is 0 Å². The Balaban J connectivity index is 1.39. The Bertz CT molecular complexity index is 2040. The minimum absolute atomic E-state index is 0.154. The summed E-state index contributed by atoms with van der Waals surface area (Å²) in [6, 6.07) is 34.3. The molecular weight excluding hydrogens is 490 g/mol. The van der Waals surface area contributed by atoms with Gasteiger partial charge in [0.15, 0.2) is 25.0 Å². The van der Waals surface area contributed by atoms with E-state index in [4.69, 9.17) is 11.0 Å². The molecule has 4 nitrogen and oxygen atoms in total. The van der Waals surface area contributed by atoms with Crippen LogP contribution in [0.2, 0.25) is 0 Å². The van der Waals surface area contributed by atoms with E-state index in [2.05, 4.69) is 100 Å². The molecule has 0 fully saturated rings. The van der Waals surface area contributed by atoms with E-state index in [-0.39, 0.29) is 6.04 Å². The molecule has 5 heterocycles. The predicted octanol–water partition coefficient (Wildman–Crippen LogP) is 7.21. The summed E-state index contributed by atoms with van der Waals surface area (Å²) >= 11 is 0. The first-order valence-electron chi connectivity index (χ1n) is 13.9. The number of allylic oxidation sites excluding steroid dienone is 1. The molecule has 8 rings (SSSR count). The SMILES string of the molecule is C=C1C[n+]2ccccc2-c2c(ccc3c2oc2cccc(C#N)c23)CCC2c3ccccc3-c3cccc[n+]3C12. The van der Waals surface area contributed by atoms with Crippen molar-refractivity contribution in [1.29, 1.82) is 5.26 Å². The van der Waals surface area contributed by atoms with Crippen LogP contribution in [0, 0.1) is 11.3 Å². The van der Waals surface area contributed by atoms with Crippen LogP contribution in [0.15, 0.2) is 120 Å². The quantitative estimate of drug-likeness (QED) is 0.158. The molecule has 40 heavy (non-hydrogen) atoms. The fourth-order valence-electron chi connectivity index (χ4n) is 7.12. The maximum atomic E-state index is 9.84. The molecule has 0 N–H and O–H groups in total. The lowest BCUT2D eigenvalue weighted by molar-refractivity contribution is -0.723. The van der Waals surface area contributed by atoms with Gasteiger partial charge in [0.1, 0.15) is 11.2 Å². The highest BCUT2D eigenvalue weighted by atomic mass is 16.3. The fourth-order valence-corrected chi connectivity index (χ4v) is 7.12. The minimum Gasteiger partial charge on any atom is -0.455 e. The molecule has 190 valence electrons. The molecular formula is C36H27N3O+2. The Labute approximate surface area is 232 Å². The van der Waals surface area contributed by atoms with E-state index in [0.717, 1.165) is 46.0 Å². The van der Waals surface area contributed by atoms with Gasteiger partial charge in [-0.25, -0.2) is 0 Å². The van der Waals surface area contributed by atoms with Gasteiger partial charge in [-0.1, -0.05) is 43.0 Å². The number of rotatable bonds is 0. The molecule has 2 unspecified atom stereocenters. The van der Waals surface area contributed by atoms with Crippen molar-refractivity contribution >= 4 is 21.9 Å². The van der Waals surface area contributed by atoms with Gasteiger partial charge < -0.3 is 4.42 Å². The van der Waals surface area contributed by atoms with E-state index < -0.39 is 0 Å². The molecule has 4 heteroatoms. The van der Waals surface area contributed by atoms with E-state index in [0.29, 0.717) is 18.0 Å². The first-order valence-corrected chi connectivity index (χ1v) is 13.9. The molecule has 2 aliphatic heterocycles. The van der Waals surface area contributed by atoms with Crippen LogP contribution in [-0.4, -0.2) is 0 Å².